The molecule has 0 bridgehead atoms. The summed E-state index contributed by atoms with van der Waals surface area (Å²) in [5, 5.41) is 22.3. The number of aromatic hydroxyl groups is 1. The van der Waals surface area contributed by atoms with E-state index in [2.05, 4.69) is 9.68 Å². The first kappa shape index (κ1) is 11.5. The Morgan fingerprint density at radius 2 is 2.18 bits per heavy atom. The molecule has 1 heterocycles. The number of aromatic nitrogens is 1. The summed E-state index contributed by atoms with van der Waals surface area (Å²) in [6.45, 7) is 1.75. The number of benzene rings is 1. The largest absolute Gasteiger partial charge is 0.506 e. The number of hydrogen-bond donors (Lipinski definition) is 2. The third-order valence-electron chi connectivity index (χ3n) is 2.31. The number of phenolic OH excluding ortho intramolecular Hbond substituents is 1. The third kappa shape index (κ3) is 1.97. The molecule has 0 saturated carbocycles. The van der Waals surface area contributed by atoms with Crippen LogP contribution in [0.15, 0.2) is 22.7 Å². The molecule has 0 spiro atoms. The van der Waals surface area contributed by atoms with Gasteiger partial charge in [0.25, 0.3) is 0 Å². The second-order valence-electron chi connectivity index (χ2n) is 3.47. The van der Waals surface area contributed by atoms with Gasteiger partial charge in [0.05, 0.1) is 5.02 Å². The van der Waals surface area contributed by atoms with Gasteiger partial charge in [0, 0.05) is 11.6 Å². The topological polar surface area (TPSA) is 83.6 Å². The number of aromatic carboxylic acids is 1. The molecule has 2 rings (SSSR count). The van der Waals surface area contributed by atoms with Crippen LogP contribution in [0.5, 0.6) is 5.75 Å². The van der Waals surface area contributed by atoms with Crippen molar-refractivity contribution in [3.05, 3.63) is 34.5 Å². The van der Waals surface area contributed by atoms with E-state index in [4.69, 9.17) is 16.7 Å². The van der Waals surface area contributed by atoms with Crippen LogP contribution in [-0.2, 0) is 0 Å². The fourth-order valence-corrected chi connectivity index (χ4v) is 1.54. The van der Waals surface area contributed by atoms with Crippen LogP contribution in [0.25, 0.3) is 11.3 Å². The summed E-state index contributed by atoms with van der Waals surface area (Å²) in [5.41, 5.74) is 1.27. The van der Waals surface area contributed by atoms with Gasteiger partial charge in [-0.1, -0.05) is 22.8 Å². The van der Waals surface area contributed by atoms with Crippen molar-refractivity contribution in [1.29, 1.82) is 0 Å². The van der Waals surface area contributed by atoms with Gasteiger partial charge < -0.3 is 14.7 Å². The van der Waals surface area contributed by atoms with Crippen LogP contribution in [0, 0.1) is 6.92 Å². The molecule has 88 valence electrons. The number of rotatable bonds is 2. The van der Waals surface area contributed by atoms with E-state index in [-0.39, 0.29) is 22.2 Å². The average Bonchev–Trinajstić information content (AvgIpc) is 2.75. The van der Waals surface area contributed by atoms with Gasteiger partial charge in [0.1, 0.15) is 11.4 Å². The Balaban J connectivity index is 2.53. The third-order valence-corrected chi connectivity index (χ3v) is 2.78. The molecular formula is C11H8ClNO4. The Morgan fingerprint density at radius 3 is 2.76 bits per heavy atom. The fourth-order valence-electron chi connectivity index (χ4n) is 1.38. The molecule has 0 unspecified atom stereocenters. The first-order valence-corrected chi connectivity index (χ1v) is 5.07. The van der Waals surface area contributed by atoms with E-state index in [1.165, 1.54) is 6.07 Å². The summed E-state index contributed by atoms with van der Waals surface area (Å²) < 4.78 is 4.60. The second kappa shape index (κ2) is 4.10. The number of carbonyl (C=O) groups is 1. The molecule has 0 aliphatic heterocycles. The molecule has 1 aromatic carbocycles. The van der Waals surface area contributed by atoms with Gasteiger partial charge in [0.15, 0.2) is 0 Å². The molecular weight excluding hydrogens is 246 g/mol. The summed E-state index contributed by atoms with van der Waals surface area (Å²) >= 11 is 5.88. The molecule has 0 saturated heterocycles. The highest BCUT2D eigenvalue weighted by molar-refractivity contribution is 6.33. The molecule has 5 nitrogen and oxygen atoms in total. The molecule has 6 heteroatoms. The number of carboxylic acids is 1. The summed E-state index contributed by atoms with van der Waals surface area (Å²) in [7, 11) is 0. The van der Waals surface area contributed by atoms with Crippen molar-refractivity contribution in [3.63, 3.8) is 0 Å². The van der Waals surface area contributed by atoms with Crippen LogP contribution in [0.2, 0.25) is 5.02 Å². The standard InChI is InChI=1S/C11H8ClNO4/c1-5-2-3-6(10(14)9(5)12)7-4-8(11(15)16)17-13-7/h2-4,14H,1H3,(H,15,16). The lowest BCUT2D eigenvalue weighted by molar-refractivity contribution is 0.0652. The predicted molar refractivity (Wildman–Crippen MR) is 60.3 cm³/mol. The molecule has 1 aromatic heterocycles. The van der Waals surface area contributed by atoms with Crippen LogP contribution in [0.4, 0.5) is 0 Å². The Kier molecular flexibility index (Phi) is 2.77. The summed E-state index contributed by atoms with van der Waals surface area (Å²) in [4.78, 5) is 10.6. The second-order valence-corrected chi connectivity index (χ2v) is 3.85. The van der Waals surface area contributed by atoms with Crippen LogP contribution in [0.1, 0.15) is 16.1 Å². The summed E-state index contributed by atoms with van der Waals surface area (Å²) in [5.74, 6) is -1.66. The van der Waals surface area contributed by atoms with Crippen molar-refractivity contribution in [1.82, 2.24) is 5.16 Å². The fraction of sp³-hybridized carbons (Fsp3) is 0.0909. The van der Waals surface area contributed by atoms with Crippen molar-refractivity contribution >= 4 is 17.6 Å². The minimum absolute atomic E-state index is 0.142. The monoisotopic (exact) mass is 253 g/mol. The smallest absolute Gasteiger partial charge is 0.374 e. The van der Waals surface area contributed by atoms with E-state index in [0.717, 1.165) is 5.56 Å². The summed E-state index contributed by atoms with van der Waals surface area (Å²) in [6.07, 6.45) is 0. The van der Waals surface area contributed by atoms with E-state index in [9.17, 15) is 9.90 Å². The van der Waals surface area contributed by atoms with Gasteiger partial charge in [0.2, 0.25) is 5.76 Å². The van der Waals surface area contributed by atoms with Crippen LogP contribution < -0.4 is 0 Å². The lowest BCUT2D eigenvalue weighted by Gasteiger charge is -2.04. The van der Waals surface area contributed by atoms with Gasteiger partial charge in [-0.2, -0.15) is 0 Å². The van der Waals surface area contributed by atoms with Crippen molar-refractivity contribution in [3.8, 4) is 17.0 Å². The summed E-state index contributed by atoms with van der Waals surface area (Å²) in [6, 6.07) is 4.52. The lowest BCUT2D eigenvalue weighted by Crippen LogP contribution is -1.91. The van der Waals surface area contributed by atoms with Gasteiger partial charge in [-0.15, -0.1) is 0 Å². The lowest BCUT2D eigenvalue weighted by atomic mass is 10.1. The molecule has 2 aromatic rings. The number of halogens is 1. The highest BCUT2D eigenvalue weighted by Crippen LogP contribution is 2.36. The Morgan fingerprint density at radius 1 is 1.47 bits per heavy atom. The quantitative estimate of drug-likeness (QED) is 0.860. The van der Waals surface area contributed by atoms with Crippen LogP contribution in [-0.4, -0.2) is 21.3 Å². The van der Waals surface area contributed by atoms with E-state index in [1.807, 2.05) is 0 Å². The number of nitrogens with zero attached hydrogens (tertiary/aromatic N) is 1. The average molecular weight is 254 g/mol. The van der Waals surface area contributed by atoms with Crippen molar-refractivity contribution in [2.75, 3.05) is 0 Å². The van der Waals surface area contributed by atoms with Gasteiger partial charge >= 0.3 is 5.97 Å². The minimum atomic E-state index is -1.22. The van der Waals surface area contributed by atoms with E-state index in [1.54, 1.807) is 19.1 Å². The number of hydrogen-bond acceptors (Lipinski definition) is 4. The first-order chi connectivity index (χ1) is 8.00. The highest BCUT2D eigenvalue weighted by Gasteiger charge is 2.16. The minimum Gasteiger partial charge on any atom is -0.506 e. The van der Waals surface area contributed by atoms with Gasteiger partial charge in [-0.05, 0) is 18.6 Å². The highest BCUT2D eigenvalue weighted by atomic mass is 35.5. The van der Waals surface area contributed by atoms with Crippen molar-refractivity contribution in [2.45, 2.75) is 6.92 Å². The SMILES string of the molecule is Cc1ccc(-c2cc(C(=O)O)on2)c(O)c1Cl. The van der Waals surface area contributed by atoms with Crippen LogP contribution >= 0.6 is 11.6 Å². The van der Waals surface area contributed by atoms with E-state index in [0.29, 0.717) is 5.56 Å². The molecule has 0 radical (unpaired) electrons. The number of carboxylic acid groups (broad SMARTS) is 1. The first-order valence-electron chi connectivity index (χ1n) is 4.69. The molecule has 0 fully saturated rings. The van der Waals surface area contributed by atoms with Gasteiger partial charge in [-0.25, -0.2) is 4.79 Å². The number of aryl methyl sites for hydroxylation is 1. The Hall–Kier alpha value is -2.01. The van der Waals surface area contributed by atoms with E-state index >= 15 is 0 Å². The van der Waals surface area contributed by atoms with Gasteiger partial charge in [-0.3, -0.25) is 0 Å². The normalized spacial score (nSPS) is 10.5. The molecule has 0 atom stereocenters. The predicted octanol–water partition coefficient (Wildman–Crippen LogP) is 2.71. The molecule has 0 amide bonds. The maximum Gasteiger partial charge on any atom is 0.374 e. The maximum absolute atomic E-state index is 10.6. The van der Waals surface area contributed by atoms with E-state index < -0.39 is 5.97 Å². The number of phenols is 1. The molecule has 2 N–H and O–H groups in total. The zero-order valence-corrected chi connectivity index (χ0v) is 9.52. The zero-order valence-electron chi connectivity index (χ0n) is 8.77. The van der Waals surface area contributed by atoms with Crippen LogP contribution in [0.3, 0.4) is 0 Å². The Labute approximate surface area is 101 Å². The van der Waals surface area contributed by atoms with Crippen molar-refractivity contribution < 1.29 is 19.5 Å². The molecule has 17 heavy (non-hydrogen) atoms. The molecule has 0 aliphatic rings. The zero-order chi connectivity index (χ0) is 12.6. The Bertz CT molecular complexity index is 591. The maximum atomic E-state index is 10.6. The van der Waals surface area contributed by atoms with Crippen molar-refractivity contribution in [2.24, 2.45) is 0 Å². The molecule has 0 aliphatic carbocycles.